The highest BCUT2D eigenvalue weighted by atomic mass is 16.5. The molecule has 100 valence electrons. The van der Waals surface area contributed by atoms with E-state index in [4.69, 9.17) is 4.74 Å². The molecule has 1 aliphatic carbocycles. The SMILES string of the molecule is CCC1COC(C)CN1CCC1CCCC1O. The molecule has 0 aromatic rings. The van der Waals surface area contributed by atoms with Crippen LogP contribution in [0.3, 0.4) is 0 Å². The predicted octanol–water partition coefficient (Wildman–Crippen LogP) is 2.04. The largest absolute Gasteiger partial charge is 0.393 e. The summed E-state index contributed by atoms with van der Waals surface area (Å²) in [5.41, 5.74) is 0. The first-order valence-electron chi connectivity index (χ1n) is 7.24. The molecular formula is C14H27NO2. The molecule has 2 fully saturated rings. The van der Waals surface area contributed by atoms with Crippen LogP contribution in [0.2, 0.25) is 0 Å². The zero-order valence-electron chi connectivity index (χ0n) is 11.3. The number of hydrogen-bond acceptors (Lipinski definition) is 3. The number of aliphatic hydroxyl groups is 1. The van der Waals surface area contributed by atoms with E-state index in [0.29, 0.717) is 18.1 Å². The van der Waals surface area contributed by atoms with Gasteiger partial charge in [0, 0.05) is 12.6 Å². The van der Waals surface area contributed by atoms with E-state index >= 15 is 0 Å². The van der Waals surface area contributed by atoms with Crippen LogP contribution in [0.15, 0.2) is 0 Å². The van der Waals surface area contributed by atoms with Gasteiger partial charge in [0.15, 0.2) is 0 Å². The lowest BCUT2D eigenvalue weighted by atomic mass is 10.0. The van der Waals surface area contributed by atoms with Gasteiger partial charge in [0.05, 0.1) is 18.8 Å². The summed E-state index contributed by atoms with van der Waals surface area (Å²) in [5, 5.41) is 9.85. The van der Waals surface area contributed by atoms with E-state index < -0.39 is 0 Å². The molecule has 3 nitrogen and oxygen atoms in total. The Hall–Kier alpha value is -0.120. The third-order valence-corrected chi connectivity index (χ3v) is 4.46. The fourth-order valence-corrected chi connectivity index (χ4v) is 3.25. The molecule has 0 bridgehead atoms. The van der Waals surface area contributed by atoms with Crippen molar-refractivity contribution in [1.29, 1.82) is 0 Å². The minimum Gasteiger partial charge on any atom is -0.393 e. The Morgan fingerprint density at radius 1 is 1.35 bits per heavy atom. The first-order valence-corrected chi connectivity index (χ1v) is 7.24. The van der Waals surface area contributed by atoms with Gasteiger partial charge in [-0.1, -0.05) is 13.3 Å². The number of rotatable bonds is 4. The van der Waals surface area contributed by atoms with E-state index in [9.17, 15) is 5.11 Å². The Labute approximate surface area is 105 Å². The van der Waals surface area contributed by atoms with Crippen LogP contribution in [0.25, 0.3) is 0 Å². The van der Waals surface area contributed by atoms with Crippen LogP contribution in [-0.2, 0) is 4.74 Å². The summed E-state index contributed by atoms with van der Waals surface area (Å²) >= 11 is 0. The maximum absolute atomic E-state index is 9.85. The zero-order chi connectivity index (χ0) is 12.3. The monoisotopic (exact) mass is 241 g/mol. The van der Waals surface area contributed by atoms with Crippen LogP contribution < -0.4 is 0 Å². The fourth-order valence-electron chi connectivity index (χ4n) is 3.25. The second kappa shape index (κ2) is 6.17. The predicted molar refractivity (Wildman–Crippen MR) is 69.0 cm³/mol. The van der Waals surface area contributed by atoms with Gasteiger partial charge in [-0.25, -0.2) is 0 Å². The summed E-state index contributed by atoms with van der Waals surface area (Å²) in [4.78, 5) is 2.57. The lowest BCUT2D eigenvalue weighted by Gasteiger charge is -2.38. The first-order chi connectivity index (χ1) is 8.20. The summed E-state index contributed by atoms with van der Waals surface area (Å²) in [6.07, 6.45) is 6.10. The van der Waals surface area contributed by atoms with Gasteiger partial charge in [-0.3, -0.25) is 4.90 Å². The van der Waals surface area contributed by atoms with Crippen molar-refractivity contribution < 1.29 is 9.84 Å². The van der Waals surface area contributed by atoms with Gasteiger partial charge in [0.2, 0.25) is 0 Å². The van der Waals surface area contributed by atoms with E-state index in [-0.39, 0.29) is 6.10 Å². The molecule has 2 aliphatic rings. The van der Waals surface area contributed by atoms with E-state index in [1.165, 1.54) is 19.3 Å². The Morgan fingerprint density at radius 3 is 2.82 bits per heavy atom. The quantitative estimate of drug-likeness (QED) is 0.817. The molecule has 4 atom stereocenters. The fraction of sp³-hybridized carbons (Fsp3) is 1.00. The average Bonchev–Trinajstić information content (AvgIpc) is 2.72. The number of morpholine rings is 1. The summed E-state index contributed by atoms with van der Waals surface area (Å²) < 4.78 is 5.71. The molecule has 2 rings (SSSR count). The molecule has 1 N–H and O–H groups in total. The highest BCUT2D eigenvalue weighted by molar-refractivity contribution is 4.81. The molecule has 0 radical (unpaired) electrons. The lowest BCUT2D eigenvalue weighted by Crippen LogP contribution is -2.49. The van der Waals surface area contributed by atoms with Crippen molar-refractivity contribution in [2.24, 2.45) is 5.92 Å². The molecule has 0 amide bonds. The van der Waals surface area contributed by atoms with Crippen LogP contribution in [0, 0.1) is 5.92 Å². The number of nitrogens with zero attached hydrogens (tertiary/aromatic N) is 1. The molecule has 0 spiro atoms. The van der Waals surface area contributed by atoms with Gasteiger partial charge in [0.25, 0.3) is 0 Å². The van der Waals surface area contributed by atoms with Crippen LogP contribution >= 0.6 is 0 Å². The summed E-state index contributed by atoms with van der Waals surface area (Å²) in [5.74, 6) is 0.547. The molecule has 0 aromatic heterocycles. The standard InChI is InChI=1S/C14H27NO2/c1-3-13-10-17-11(2)9-15(13)8-7-12-5-4-6-14(12)16/h11-14,16H,3-10H2,1-2H3. The van der Waals surface area contributed by atoms with Gasteiger partial charge in [-0.2, -0.15) is 0 Å². The van der Waals surface area contributed by atoms with Crippen molar-refractivity contribution in [2.45, 2.75) is 64.2 Å². The molecule has 1 saturated heterocycles. The van der Waals surface area contributed by atoms with Crippen molar-refractivity contribution in [3.05, 3.63) is 0 Å². The normalized spacial score (nSPS) is 39.7. The molecule has 17 heavy (non-hydrogen) atoms. The minimum absolute atomic E-state index is 0.0338. The molecular weight excluding hydrogens is 214 g/mol. The Bertz CT molecular complexity index is 234. The van der Waals surface area contributed by atoms with Crippen molar-refractivity contribution >= 4 is 0 Å². The molecule has 1 heterocycles. The van der Waals surface area contributed by atoms with Gasteiger partial charge < -0.3 is 9.84 Å². The van der Waals surface area contributed by atoms with E-state index in [0.717, 1.165) is 32.5 Å². The van der Waals surface area contributed by atoms with Gasteiger partial charge in [-0.15, -0.1) is 0 Å². The van der Waals surface area contributed by atoms with Crippen LogP contribution in [0.4, 0.5) is 0 Å². The van der Waals surface area contributed by atoms with E-state index in [1.54, 1.807) is 0 Å². The smallest absolute Gasteiger partial charge is 0.0674 e. The van der Waals surface area contributed by atoms with Gasteiger partial charge in [0.1, 0.15) is 0 Å². The minimum atomic E-state index is -0.0338. The summed E-state index contributed by atoms with van der Waals surface area (Å²) in [6.45, 7) is 7.46. The Kier molecular flexibility index (Phi) is 4.83. The van der Waals surface area contributed by atoms with Gasteiger partial charge in [-0.05, 0) is 45.1 Å². The molecule has 0 aromatic carbocycles. The average molecular weight is 241 g/mol. The number of ether oxygens (including phenoxy) is 1. The third kappa shape index (κ3) is 3.43. The highest BCUT2D eigenvalue weighted by Crippen LogP contribution is 2.29. The topological polar surface area (TPSA) is 32.7 Å². The van der Waals surface area contributed by atoms with Crippen molar-refractivity contribution in [3.63, 3.8) is 0 Å². The number of hydrogen-bond donors (Lipinski definition) is 1. The second-order valence-corrected chi connectivity index (χ2v) is 5.75. The first kappa shape index (κ1) is 13.3. The summed E-state index contributed by atoms with van der Waals surface area (Å²) in [6, 6.07) is 0.588. The van der Waals surface area contributed by atoms with Gasteiger partial charge >= 0.3 is 0 Å². The zero-order valence-corrected chi connectivity index (χ0v) is 11.3. The molecule has 1 aliphatic heterocycles. The van der Waals surface area contributed by atoms with Crippen LogP contribution in [0.5, 0.6) is 0 Å². The van der Waals surface area contributed by atoms with Crippen molar-refractivity contribution in [2.75, 3.05) is 19.7 Å². The maximum atomic E-state index is 9.85. The number of aliphatic hydroxyl groups excluding tert-OH is 1. The second-order valence-electron chi connectivity index (χ2n) is 5.75. The molecule has 1 saturated carbocycles. The van der Waals surface area contributed by atoms with E-state index in [1.807, 2.05) is 0 Å². The van der Waals surface area contributed by atoms with E-state index in [2.05, 4.69) is 18.7 Å². The molecule has 4 unspecified atom stereocenters. The maximum Gasteiger partial charge on any atom is 0.0674 e. The van der Waals surface area contributed by atoms with Crippen LogP contribution in [0.1, 0.15) is 46.0 Å². The van der Waals surface area contributed by atoms with Crippen molar-refractivity contribution in [1.82, 2.24) is 4.90 Å². The van der Waals surface area contributed by atoms with Crippen molar-refractivity contribution in [3.8, 4) is 0 Å². The third-order valence-electron chi connectivity index (χ3n) is 4.46. The lowest BCUT2D eigenvalue weighted by molar-refractivity contribution is -0.0583. The Balaban J connectivity index is 1.79. The summed E-state index contributed by atoms with van der Waals surface area (Å²) in [7, 11) is 0. The molecule has 3 heteroatoms. The Morgan fingerprint density at radius 2 is 2.18 bits per heavy atom. The highest BCUT2D eigenvalue weighted by Gasteiger charge is 2.29. The van der Waals surface area contributed by atoms with Crippen LogP contribution in [-0.4, -0.2) is 48.0 Å².